The van der Waals surface area contributed by atoms with Crippen molar-refractivity contribution in [2.24, 2.45) is 0 Å². The Morgan fingerprint density at radius 2 is 1.03 bits per heavy atom. The van der Waals surface area contributed by atoms with Gasteiger partial charge in [-0.2, -0.15) is 0 Å². The molecule has 2 rings (SSSR count). The summed E-state index contributed by atoms with van der Waals surface area (Å²) in [5.41, 5.74) is 0. The van der Waals surface area contributed by atoms with Crippen LogP contribution < -0.4 is 5.32 Å². The first kappa shape index (κ1) is 58.3. The molecule has 0 aromatic heterocycles. The fourth-order valence-corrected chi connectivity index (χ4v) is 8.14. The molecule has 2 saturated heterocycles. The van der Waals surface area contributed by atoms with E-state index in [9.17, 15) is 45.6 Å². The number of unbranched alkanes of at least 4 members (excludes halogenated alkanes) is 21. The van der Waals surface area contributed by atoms with Gasteiger partial charge in [0.1, 0.15) is 48.8 Å². The summed E-state index contributed by atoms with van der Waals surface area (Å²) in [7, 11) is 0. The maximum absolute atomic E-state index is 13.1. The summed E-state index contributed by atoms with van der Waals surface area (Å²) in [6.07, 6.45) is 25.5. The van der Waals surface area contributed by atoms with Crippen molar-refractivity contribution in [2.75, 3.05) is 19.8 Å². The molecule has 12 atom stereocenters. The van der Waals surface area contributed by atoms with Gasteiger partial charge in [-0.15, -0.1) is 0 Å². The molecule has 14 nitrogen and oxygen atoms in total. The predicted octanol–water partition coefficient (Wildman–Crippen LogP) is 6.32. The summed E-state index contributed by atoms with van der Waals surface area (Å²) in [6, 6.07) is -0.909. The number of allylic oxidation sites excluding steroid dienone is 5. The van der Waals surface area contributed by atoms with Crippen LogP contribution in [0.3, 0.4) is 0 Å². The summed E-state index contributed by atoms with van der Waals surface area (Å²) in [6.45, 7) is 2.64. The smallest absolute Gasteiger partial charge is 0.220 e. The lowest BCUT2D eigenvalue weighted by Gasteiger charge is -2.46. The standard InChI is InChI=1S/C50H91NO13/c1-3-5-7-9-10-11-12-13-14-15-16-17-18-19-20-21-22-23-24-25-26-27-28-30-32-34-42(55)51-38(39(54)33-31-29-8-6-4-2)37-61-49-47(60)45(58)48(41(36-53)63-49)64-50-46(59)44(57)43(56)40(35-52)62-50/h12-13,15-16,31,33,38-41,43-50,52-54,56-60H,3-11,14,17-30,32,34-37H2,1-2H3,(H,51,55)/b13-12-,16-15-,33-31+. The molecule has 0 spiro atoms. The molecule has 2 aliphatic rings. The second kappa shape index (κ2) is 37.2. The summed E-state index contributed by atoms with van der Waals surface area (Å²) in [4.78, 5) is 13.1. The summed E-state index contributed by atoms with van der Waals surface area (Å²) in [5, 5.41) is 86.1. The maximum Gasteiger partial charge on any atom is 0.220 e. The zero-order valence-corrected chi connectivity index (χ0v) is 39.5. The van der Waals surface area contributed by atoms with Gasteiger partial charge in [0.05, 0.1) is 32.0 Å². The molecule has 14 heteroatoms. The highest BCUT2D eigenvalue weighted by molar-refractivity contribution is 5.76. The van der Waals surface area contributed by atoms with Crippen LogP contribution in [0.15, 0.2) is 36.5 Å². The lowest BCUT2D eigenvalue weighted by molar-refractivity contribution is -0.359. The lowest BCUT2D eigenvalue weighted by atomic mass is 9.97. The molecule has 0 aliphatic carbocycles. The van der Waals surface area contributed by atoms with Gasteiger partial charge in [0.2, 0.25) is 5.91 Å². The number of carbonyl (C=O) groups excluding carboxylic acids is 1. The summed E-state index contributed by atoms with van der Waals surface area (Å²) >= 11 is 0. The highest BCUT2D eigenvalue weighted by Gasteiger charge is 2.51. The number of amides is 1. The largest absolute Gasteiger partial charge is 0.394 e. The van der Waals surface area contributed by atoms with Crippen LogP contribution in [0.2, 0.25) is 0 Å². The van der Waals surface area contributed by atoms with Crippen LogP contribution >= 0.6 is 0 Å². The molecule has 2 aliphatic heterocycles. The third-order valence-electron chi connectivity index (χ3n) is 12.3. The third-order valence-corrected chi connectivity index (χ3v) is 12.3. The van der Waals surface area contributed by atoms with E-state index in [0.29, 0.717) is 6.42 Å². The van der Waals surface area contributed by atoms with Gasteiger partial charge < -0.3 is 65.1 Å². The first-order valence-electron chi connectivity index (χ1n) is 25.2. The molecule has 0 saturated carbocycles. The van der Waals surface area contributed by atoms with Crippen molar-refractivity contribution in [1.29, 1.82) is 0 Å². The zero-order chi connectivity index (χ0) is 46.8. The molecule has 2 heterocycles. The Bertz CT molecular complexity index is 1220. The van der Waals surface area contributed by atoms with E-state index in [-0.39, 0.29) is 18.9 Å². The molecular formula is C50H91NO13. The fourth-order valence-electron chi connectivity index (χ4n) is 8.14. The Morgan fingerprint density at radius 1 is 0.562 bits per heavy atom. The Morgan fingerprint density at radius 3 is 1.59 bits per heavy atom. The SMILES string of the molecule is CCCCC/C=C/C(O)C(COC1OC(CO)C(OC2OC(CO)C(O)C(O)C2O)C(O)C1O)NC(=O)CCCCCCCCCCCCCCC/C=C\C/C=C\CCCCCCC. The number of nitrogens with one attached hydrogen (secondary N) is 1. The Hall–Kier alpha value is -1.79. The average Bonchev–Trinajstić information content (AvgIpc) is 3.29. The Kier molecular flexibility index (Phi) is 33.9. The van der Waals surface area contributed by atoms with E-state index in [4.69, 9.17) is 18.9 Å². The van der Waals surface area contributed by atoms with Gasteiger partial charge >= 0.3 is 0 Å². The first-order valence-corrected chi connectivity index (χ1v) is 25.2. The number of hydrogen-bond acceptors (Lipinski definition) is 13. The topological polar surface area (TPSA) is 228 Å². The zero-order valence-electron chi connectivity index (χ0n) is 39.5. The second-order valence-electron chi connectivity index (χ2n) is 17.9. The molecule has 0 bridgehead atoms. The number of aliphatic hydroxyl groups excluding tert-OH is 8. The lowest BCUT2D eigenvalue weighted by Crippen LogP contribution is -2.65. The number of rotatable bonds is 38. The summed E-state index contributed by atoms with van der Waals surface area (Å²) < 4.78 is 22.5. The van der Waals surface area contributed by atoms with Gasteiger partial charge in [-0.25, -0.2) is 0 Å². The molecule has 9 N–H and O–H groups in total. The van der Waals surface area contributed by atoms with Crippen LogP contribution in [0.25, 0.3) is 0 Å². The van der Waals surface area contributed by atoms with Crippen LogP contribution in [-0.4, -0.2) is 140 Å². The van der Waals surface area contributed by atoms with Gasteiger partial charge in [-0.05, 0) is 51.4 Å². The molecule has 0 aromatic rings. The molecular weight excluding hydrogens is 823 g/mol. The Labute approximate surface area is 385 Å². The molecule has 0 radical (unpaired) electrons. The van der Waals surface area contributed by atoms with Crippen molar-refractivity contribution in [2.45, 2.75) is 254 Å². The van der Waals surface area contributed by atoms with Crippen molar-refractivity contribution < 1.29 is 64.6 Å². The van der Waals surface area contributed by atoms with Crippen molar-refractivity contribution in [3.05, 3.63) is 36.5 Å². The highest BCUT2D eigenvalue weighted by atomic mass is 16.7. The predicted molar refractivity (Wildman–Crippen MR) is 249 cm³/mol. The molecule has 64 heavy (non-hydrogen) atoms. The first-order chi connectivity index (χ1) is 31.1. The van der Waals surface area contributed by atoms with Crippen LogP contribution in [0.1, 0.15) is 181 Å². The number of hydrogen-bond donors (Lipinski definition) is 9. The molecule has 374 valence electrons. The molecule has 0 aromatic carbocycles. The second-order valence-corrected chi connectivity index (χ2v) is 17.9. The van der Waals surface area contributed by atoms with Crippen molar-refractivity contribution in [3.8, 4) is 0 Å². The third kappa shape index (κ3) is 24.3. The maximum atomic E-state index is 13.1. The average molecular weight is 914 g/mol. The van der Waals surface area contributed by atoms with E-state index in [1.165, 1.54) is 103 Å². The van der Waals surface area contributed by atoms with E-state index in [2.05, 4.69) is 43.5 Å². The van der Waals surface area contributed by atoms with E-state index < -0.39 is 86.8 Å². The molecule has 12 unspecified atom stereocenters. The van der Waals surface area contributed by atoms with Crippen molar-refractivity contribution in [1.82, 2.24) is 5.32 Å². The van der Waals surface area contributed by atoms with Gasteiger partial charge in [0.15, 0.2) is 12.6 Å². The Balaban J connectivity index is 1.66. The molecule has 2 fully saturated rings. The van der Waals surface area contributed by atoms with Gasteiger partial charge in [-0.3, -0.25) is 4.79 Å². The monoisotopic (exact) mass is 914 g/mol. The van der Waals surface area contributed by atoms with Gasteiger partial charge in [0, 0.05) is 6.42 Å². The summed E-state index contributed by atoms with van der Waals surface area (Å²) in [5.74, 6) is -0.249. The van der Waals surface area contributed by atoms with Crippen molar-refractivity contribution in [3.63, 3.8) is 0 Å². The van der Waals surface area contributed by atoms with Crippen molar-refractivity contribution >= 4 is 5.91 Å². The number of aliphatic hydroxyl groups is 8. The fraction of sp³-hybridized carbons (Fsp3) is 0.860. The van der Waals surface area contributed by atoms with E-state index in [1.54, 1.807) is 6.08 Å². The van der Waals surface area contributed by atoms with Gasteiger partial charge in [0.25, 0.3) is 0 Å². The van der Waals surface area contributed by atoms with E-state index >= 15 is 0 Å². The van der Waals surface area contributed by atoms with Crippen LogP contribution in [0.5, 0.6) is 0 Å². The normalized spacial score (nSPS) is 27.5. The van der Waals surface area contributed by atoms with Crippen LogP contribution in [0, 0.1) is 0 Å². The number of carbonyl (C=O) groups is 1. The van der Waals surface area contributed by atoms with Crippen LogP contribution in [0.4, 0.5) is 0 Å². The van der Waals surface area contributed by atoms with E-state index in [0.717, 1.165) is 51.4 Å². The van der Waals surface area contributed by atoms with E-state index in [1.807, 2.05) is 6.08 Å². The van der Waals surface area contributed by atoms with Crippen LogP contribution in [-0.2, 0) is 23.7 Å². The van der Waals surface area contributed by atoms with Gasteiger partial charge in [-0.1, -0.05) is 159 Å². The minimum atomic E-state index is -1.79. The minimum absolute atomic E-state index is 0.249. The minimum Gasteiger partial charge on any atom is -0.394 e. The number of ether oxygens (including phenoxy) is 4. The highest BCUT2D eigenvalue weighted by Crippen LogP contribution is 2.30. The molecule has 1 amide bonds. The quantitative estimate of drug-likeness (QED) is 0.0244.